The Morgan fingerprint density at radius 2 is 2.11 bits per heavy atom. The number of aromatic nitrogens is 1. The van der Waals surface area contributed by atoms with E-state index in [1.807, 2.05) is 31.1 Å². The molecule has 8 heteroatoms. The first-order valence-electron chi connectivity index (χ1n) is 13.2. The Kier molecular flexibility index (Phi) is 7.91. The lowest BCUT2D eigenvalue weighted by atomic mass is 9.76. The quantitative estimate of drug-likeness (QED) is 0.309. The van der Waals surface area contributed by atoms with Crippen molar-refractivity contribution in [2.24, 2.45) is 15.9 Å². The number of hydrogen-bond donors (Lipinski definition) is 2. The topological polar surface area (TPSA) is 111 Å². The highest BCUT2D eigenvalue weighted by atomic mass is 16.6. The molecule has 8 nitrogen and oxygen atoms in total. The van der Waals surface area contributed by atoms with Crippen molar-refractivity contribution in [3.63, 3.8) is 0 Å². The molecule has 1 fully saturated rings. The first-order chi connectivity index (χ1) is 17.2. The highest BCUT2D eigenvalue weighted by Crippen LogP contribution is 2.46. The molecule has 0 spiro atoms. The summed E-state index contributed by atoms with van der Waals surface area (Å²) in [7, 11) is 1.90. The molecule has 2 aliphatic heterocycles. The van der Waals surface area contributed by atoms with E-state index < -0.39 is 11.6 Å². The van der Waals surface area contributed by atoms with E-state index in [4.69, 9.17) is 10.1 Å². The Hall–Kier alpha value is -3.03. The number of cyclic esters (lactones) is 1. The number of nitrogens with one attached hydrogen (secondary N) is 1. The number of hydrogen-bond acceptors (Lipinski definition) is 5. The maximum absolute atomic E-state index is 13.3. The number of rotatable bonds is 7. The monoisotopic (exact) mass is 493 g/mol. The van der Waals surface area contributed by atoms with E-state index in [9.17, 15) is 9.90 Å². The van der Waals surface area contributed by atoms with Gasteiger partial charge in [-0.3, -0.25) is 10.4 Å². The van der Waals surface area contributed by atoms with E-state index in [2.05, 4.69) is 34.9 Å². The molecule has 2 atom stereocenters. The summed E-state index contributed by atoms with van der Waals surface area (Å²) in [4.78, 5) is 28.4. The van der Waals surface area contributed by atoms with Crippen molar-refractivity contribution in [3.05, 3.63) is 40.9 Å². The van der Waals surface area contributed by atoms with Crippen LogP contribution in [-0.4, -0.2) is 57.2 Å². The summed E-state index contributed by atoms with van der Waals surface area (Å²) in [6.45, 7) is 6.12. The van der Waals surface area contributed by atoms with Gasteiger partial charge in [0.2, 0.25) is 5.96 Å². The van der Waals surface area contributed by atoms with E-state index in [0.29, 0.717) is 18.8 Å². The summed E-state index contributed by atoms with van der Waals surface area (Å²) in [5.74, 6) is 0.191. The van der Waals surface area contributed by atoms with Crippen LogP contribution in [-0.2, 0) is 22.4 Å². The predicted octanol–water partition coefficient (Wildman–Crippen LogP) is 5.17. The lowest BCUT2D eigenvalue weighted by Crippen LogP contribution is -2.46. The van der Waals surface area contributed by atoms with Gasteiger partial charge in [0.1, 0.15) is 17.2 Å². The lowest BCUT2D eigenvalue weighted by molar-refractivity contribution is -0.167. The summed E-state index contributed by atoms with van der Waals surface area (Å²) < 4.78 is 6.21. The van der Waals surface area contributed by atoms with Crippen molar-refractivity contribution in [1.29, 1.82) is 5.41 Å². The van der Waals surface area contributed by atoms with Crippen LogP contribution < -0.4 is 0 Å². The Labute approximate surface area is 214 Å². The molecule has 1 saturated carbocycles. The zero-order valence-electron chi connectivity index (χ0n) is 22.0. The van der Waals surface area contributed by atoms with E-state index >= 15 is 0 Å². The third-order valence-electron chi connectivity index (χ3n) is 7.97. The van der Waals surface area contributed by atoms with Crippen LogP contribution in [0.15, 0.2) is 39.6 Å². The molecule has 0 bridgehead atoms. The van der Waals surface area contributed by atoms with Gasteiger partial charge in [-0.25, -0.2) is 9.79 Å². The minimum atomic E-state index is -0.717. The Morgan fingerprint density at radius 1 is 1.36 bits per heavy atom. The molecule has 2 N–H and O–H groups in total. The third kappa shape index (κ3) is 5.68. The van der Waals surface area contributed by atoms with Crippen LogP contribution in [0.4, 0.5) is 0 Å². The third-order valence-corrected chi connectivity index (χ3v) is 7.97. The van der Waals surface area contributed by atoms with Gasteiger partial charge in [-0.1, -0.05) is 19.8 Å². The summed E-state index contributed by atoms with van der Waals surface area (Å²) in [5, 5.41) is 19.5. The van der Waals surface area contributed by atoms with Crippen LogP contribution in [0.5, 0.6) is 0 Å². The number of aliphatic hydroxyl groups is 1. The van der Waals surface area contributed by atoms with Gasteiger partial charge in [-0.15, -0.1) is 0 Å². The second-order valence-electron chi connectivity index (χ2n) is 10.6. The van der Waals surface area contributed by atoms with E-state index in [0.717, 1.165) is 56.4 Å². The van der Waals surface area contributed by atoms with Crippen LogP contribution in [0.25, 0.3) is 0 Å². The predicted molar refractivity (Wildman–Crippen MR) is 142 cm³/mol. The smallest absolute Gasteiger partial charge is 0.338 e. The van der Waals surface area contributed by atoms with Gasteiger partial charge in [0.05, 0.1) is 5.57 Å². The summed E-state index contributed by atoms with van der Waals surface area (Å²) in [5.41, 5.74) is 2.61. The number of carbonyl (C=O) groups excluding carboxylic acids is 1. The number of amidine groups is 1. The Balaban J connectivity index is 1.53. The van der Waals surface area contributed by atoms with Gasteiger partial charge in [-0.05, 0) is 69.6 Å². The molecule has 1 aromatic rings. The number of aryl methyl sites for hydroxylation is 2. The van der Waals surface area contributed by atoms with Gasteiger partial charge in [0, 0.05) is 50.0 Å². The SMILES string of the molecule is CCc1cc(CCC2(C3CCCC3)CC(O)=C(CC(=N)N=C3N=C(C)CC(C)N3C)C(=O)O2)ccn1. The van der Waals surface area contributed by atoms with Crippen LogP contribution in [0, 0.1) is 11.3 Å². The standard InChI is InChI=1S/C28H39N5O3/c1-5-22-15-20(11-13-30-22)10-12-28(21-8-6-7-9-21)17-24(34)23(26(35)36-28)16-25(29)32-27-31-18(2)14-19(3)33(27)4/h11,13,15,19,21,29,34H,5-10,12,14,16-17H2,1-4H3. The molecule has 4 rings (SSSR count). The molecule has 1 aromatic heterocycles. The molecule has 3 aliphatic rings. The van der Waals surface area contributed by atoms with Gasteiger partial charge in [0.25, 0.3) is 0 Å². The van der Waals surface area contributed by atoms with Gasteiger partial charge in [0.15, 0.2) is 0 Å². The normalized spacial score (nSPS) is 26.4. The van der Waals surface area contributed by atoms with Gasteiger partial charge < -0.3 is 14.7 Å². The molecule has 36 heavy (non-hydrogen) atoms. The number of carbonyl (C=O) groups is 1. The number of ether oxygens (including phenoxy) is 1. The molecule has 2 unspecified atom stereocenters. The molecule has 0 amide bonds. The second kappa shape index (κ2) is 10.9. The summed E-state index contributed by atoms with van der Waals surface area (Å²) in [6.07, 6.45) is 9.42. The molecule has 1 aliphatic carbocycles. The van der Waals surface area contributed by atoms with Gasteiger partial charge in [-0.2, -0.15) is 4.99 Å². The first kappa shape index (κ1) is 26.0. The second-order valence-corrected chi connectivity index (χ2v) is 10.6. The number of esters is 1. The highest BCUT2D eigenvalue weighted by molar-refractivity contribution is 6.05. The lowest BCUT2D eigenvalue weighted by Gasteiger charge is -2.42. The average molecular weight is 494 g/mol. The minimum Gasteiger partial charge on any atom is -0.512 e. The van der Waals surface area contributed by atoms with E-state index in [1.54, 1.807) is 0 Å². The zero-order valence-corrected chi connectivity index (χ0v) is 22.0. The number of aliphatic hydroxyl groups excluding tert-OH is 1. The number of nitrogens with zero attached hydrogens (tertiary/aromatic N) is 4. The molecule has 0 saturated heterocycles. The molecule has 0 aromatic carbocycles. The zero-order chi connectivity index (χ0) is 25.9. The van der Waals surface area contributed by atoms with Gasteiger partial charge >= 0.3 is 5.97 Å². The van der Waals surface area contributed by atoms with Crippen molar-refractivity contribution in [2.75, 3.05) is 7.05 Å². The molecule has 194 valence electrons. The van der Waals surface area contributed by atoms with Crippen molar-refractivity contribution in [2.45, 2.75) is 96.6 Å². The van der Waals surface area contributed by atoms with Crippen molar-refractivity contribution in [1.82, 2.24) is 9.88 Å². The average Bonchev–Trinajstić information content (AvgIpc) is 3.39. The Bertz CT molecular complexity index is 1100. The fraction of sp³-hybridized carbons (Fsp3) is 0.607. The molecular formula is C28H39N5O3. The molecule has 0 radical (unpaired) electrons. The fourth-order valence-corrected chi connectivity index (χ4v) is 5.71. The maximum Gasteiger partial charge on any atom is 0.338 e. The first-order valence-corrected chi connectivity index (χ1v) is 13.2. The van der Waals surface area contributed by atoms with E-state index in [-0.39, 0.29) is 35.5 Å². The summed E-state index contributed by atoms with van der Waals surface area (Å²) in [6, 6.07) is 4.37. The van der Waals surface area contributed by atoms with E-state index in [1.165, 1.54) is 5.56 Å². The van der Waals surface area contributed by atoms with Crippen molar-refractivity contribution >= 4 is 23.5 Å². The minimum absolute atomic E-state index is 0.0155. The number of aliphatic imine (C=N–C) groups is 2. The van der Waals surface area contributed by atoms with Crippen LogP contribution in [0.3, 0.4) is 0 Å². The summed E-state index contributed by atoms with van der Waals surface area (Å²) >= 11 is 0. The van der Waals surface area contributed by atoms with Crippen molar-refractivity contribution in [3.8, 4) is 0 Å². The largest absolute Gasteiger partial charge is 0.512 e. The number of pyridine rings is 1. The van der Waals surface area contributed by atoms with Crippen LogP contribution >= 0.6 is 0 Å². The van der Waals surface area contributed by atoms with Crippen LogP contribution in [0.2, 0.25) is 0 Å². The van der Waals surface area contributed by atoms with Crippen molar-refractivity contribution < 1.29 is 14.6 Å². The molecule has 3 heterocycles. The Morgan fingerprint density at radius 3 is 2.81 bits per heavy atom. The van der Waals surface area contributed by atoms with Crippen LogP contribution in [0.1, 0.15) is 83.4 Å². The highest BCUT2D eigenvalue weighted by Gasteiger charge is 2.48. The molecular weight excluding hydrogens is 454 g/mol. The fourth-order valence-electron chi connectivity index (χ4n) is 5.71. The number of guanidine groups is 1. The maximum atomic E-state index is 13.3.